The van der Waals surface area contributed by atoms with E-state index >= 15 is 0 Å². The molecule has 0 spiro atoms. The van der Waals surface area contributed by atoms with E-state index in [0.29, 0.717) is 6.42 Å². The number of carbonyl (C=O) groups is 3. The maximum absolute atomic E-state index is 14.5. The van der Waals surface area contributed by atoms with Gasteiger partial charge >= 0.3 is 0 Å². The van der Waals surface area contributed by atoms with E-state index in [0.717, 1.165) is 50.5 Å². The molecule has 0 bridgehead atoms. The van der Waals surface area contributed by atoms with E-state index in [4.69, 9.17) is 0 Å². The number of nitriles is 1. The van der Waals surface area contributed by atoms with Gasteiger partial charge in [0.2, 0.25) is 5.91 Å². The van der Waals surface area contributed by atoms with Crippen molar-refractivity contribution < 1.29 is 14.4 Å². The first kappa shape index (κ1) is 29.5. The Balaban J connectivity index is 1.79. The quantitative estimate of drug-likeness (QED) is 0.237. The SMILES string of the molecule is C=C/C=C(/C#N)C(=O)C(C)(C)C1CC[C@]2(C)C(=CC(=O)[C@]3(C)[C@H]4CC(C)(C)CCC4(C(=O)NC)CC[C@@]23C)C1. The third-order valence-corrected chi connectivity index (χ3v) is 12.7. The molecule has 0 aromatic heterocycles. The van der Waals surface area contributed by atoms with Crippen molar-refractivity contribution in [2.24, 2.45) is 44.3 Å². The molecule has 4 aliphatic rings. The van der Waals surface area contributed by atoms with E-state index in [1.807, 2.05) is 19.9 Å². The highest BCUT2D eigenvalue weighted by atomic mass is 16.2. The average molecular weight is 533 g/mol. The minimum atomic E-state index is -0.730. The summed E-state index contributed by atoms with van der Waals surface area (Å²) < 4.78 is 0. The number of fused-ring (bicyclic) bond motifs is 5. The highest BCUT2D eigenvalue weighted by Crippen LogP contribution is 2.75. The van der Waals surface area contributed by atoms with Crippen LogP contribution in [0, 0.1) is 55.7 Å². The first-order valence-corrected chi connectivity index (χ1v) is 14.8. The Bertz CT molecular complexity index is 1220. The number of hydrogen-bond donors (Lipinski definition) is 1. The number of ketones is 2. The van der Waals surface area contributed by atoms with Gasteiger partial charge in [-0.1, -0.05) is 66.7 Å². The molecule has 4 rings (SSSR count). The van der Waals surface area contributed by atoms with E-state index in [2.05, 4.69) is 52.6 Å². The first-order valence-electron chi connectivity index (χ1n) is 14.8. The summed E-state index contributed by atoms with van der Waals surface area (Å²) in [5, 5.41) is 12.6. The molecular weight excluding hydrogens is 484 g/mol. The molecule has 0 heterocycles. The number of nitrogens with one attached hydrogen (secondary N) is 1. The maximum atomic E-state index is 14.5. The number of hydrogen-bond acceptors (Lipinski definition) is 4. The average Bonchev–Trinajstić information content (AvgIpc) is 2.89. The maximum Gasteiger partial charge on any atom is 0.226 e. The van der Waals surface area contributed by atoms with Crippen molar-refractivity contribution in [1.29, 1.82) is 5.26 Å². The summed E-state index contributed by atoms with van der Waals surface area (Å²) in [5.74, 6) is 0.113. The molecule has 6 atom stereocenters. The number of Topliss-reactive ketones (excluding diaryl/α,β-unsaturated/α-hetero) is 1. The minimum absolute atomic E-state index is 0.0208. The van der Waals surface area contributed by atoms with Crippen LogP contribution >= 0.6 is 0 Å². The lowest BCUT2D eigenvalue weighted by atomic mass is 9.32. The van der Waals surface area contributed by atoms with Crippen LogP contribution in [-0.2, 0) is 14.4 Å². The molecule has 2 unspecified atom stereocenters. The molecule has 0 aromatic rings. The minimum Gasteiger partial charge on any atom is -0.359 e. The number of allylic oxidation sites excluding steroid dienone is 5. The third-order valence-electron chi connectivity index (χ3n) is 12.7. The molecule has 3 fully saturated rings. The Morgan fingerprint density at radius 1 is 1.10 bits per heavy atom. The van der Waals surface area contributed by atoms with Crippen LogP contribution in [0.4, 0.5) is 0 Å². The van der Waals surface area contributed by atoms with Gasteiger partial charge in [-0.05, 0) is 91.6 Å². The van der Waals surface area contributed by atoms with Gasteiger partial charge in [0.15, 0.2) is 11.6 Å². The van der Waals surface area contributed by atoms with Crippen LogP contribution in [0.2, 0.25) is 0 Å². The van der Waals surface area contributed by atoms with Crippen LogP contribution in [0.15, 0.2) is 36.0 Å². The fourth-order valence-corrected chi connectivity index (χ4v) is 9.49. The summed E-state index contributed by atoms with van der Waals surface area (Å²) in [5.41, 5.74) is -1.01. The normalized spacial score (nSPS) is 39.7. The summed E-state index contributed by atoms with van der Waals surface area (Å²) in [6.07, 6.45) is 11.7. The molecule has 5 heteroatoms. The number of rotatable bonds is 5. The lowest BCUT2D eigenvalue weighted by Gasteiger charge is -2.70. The Labute approximate surface area is 235 Å². The lowest BCUT2D eigenvalue weighted by molar-refractivity contribution is -0.203. The zero-order valence-corrected chi connectivity index (χ0v) is 25.4. The van der Waals surface area contributed by atoms with E-state index in [1.54, 1.807) is 7.05 Å². The van der Waals surface area contributed by atoms with Gasteiger partial charge in [0.25, 0.3) is 0 Å². The summed E-state index contributed by atoms with van der Waals surface area (Å²) in [6, 6.07) is 2.06. The molecule has 1 N–H and O–H groups in total. The predicted octanol–water partition coefficient (Wildman–Crippen LogP) is 6.90. The fraction of sp³-hybridized carbons (Fsp3) is 0.706. The Hall–Kier alpha value is -2.48. The van der Waals surface area contributed by atoms with Gasteiger partial charge in [0.1, 0.15) is 6.07 Å². The molecule has 0 saturated heterocycles. The van der Waals surface area contributed by atoms with Crippen molar-refractivity contribution in [3.8, 4) is 6.07 Å². The molecular formula is C34H48N2O3. The Morgan fingerprint density at radius 3 is 2.33 bits per heavy atom. The van der Waals surface area contributed by atoms with Crippen LogP contribution in [0.3, 0.4) is 0 Å². The molecule has 1 amide bonds. The lowest BCUT2D eigenvalue weighted by Crippen LogP contribution is -2.69. The van der Waals surface area contributed by atoms with E-state index in [-0.39, 0.29) is 51.1 Å². The zero-order chi connectivity index (χ0) is 29.2. The van der Waals surface area contributed by atoms with Gasteiger partial charge in [-0.25, -0.2) is 0 Å². The Kier molecular flexibility index (Phi) is 7.02. The number of amides is 1. The number of carbonyl (C=O) groups excluding carboxylic acids is 3. The van der Waals surface area contributed by atoms with Gasteiger partial charge in [0.05, 0.1) is 11.0 Å². The van der Waals surface area contributed by atoms with E-state index < -0.39 is 16.2 Å². The molecule has 0 radical (unpaired) electrons. The highest BCUT2D eigenvalue weighted by Gasteiger charge is 2.73. The van der Waals surface area contributed by atoms with Crippen LogP contribution in [-0.4, -0.2) is 24.5 Å². The second-order valence-electron chi connectivity index (χ2n) is 15.0. The van der Waals surface area contributed by atoms with E-state index in [9.17, 15) is 19.6 Å². The summed E-state index contributed by atoms with van der Waals surface area (Å²) in [4.78, 5) is 41.4. The van der Waals surface area contributed by atoms with Gasteiger partial charge in [-0.3, -0.25) is 14.4 Å². The van der Waals surface area contributed by atoms with Crippen molar-refractivity contribution in [2.75, 3.05) is 7.05 Å². The molecule has 5 nitrogen and oxygen atoms in total. The fourth-order valence-electron chi connectivity index (χ4n) is 9.49. The van der Waals surface area contributed by atoms with Crippen molar-refractivity contribution in [3.63, 3.8) is 0 Å². The van der Waals surface area contributed by atoms with E-state index in [1.165, 1.54) is 12.2 Å². The van der Waals surface area contributed by atoms with Crippen molar-refractivity contribution >= 4 is 17.5 Å². The smallest absolute Gasteiger partial charge is 0.226 e. The summed E-state index contributed by atoms with van der Waals surface area (Å²) in [7, 11) is 1.73. The van der Waals surface area contributed by atoms with Crippen molar-refractivity contribution in [2.45, 2.75) is 99.8 Å². The van der Waals surface area contributed by atoms with Crippen molar-refractivity contribution in [1.82, 2.24) is 5.32 Å². The zero-order valence-electron chi connectivity index (χ0n) is 25.4. The first-order chi connectivity index (χ1) is 18.0. The topological polar surface area (TPSA) is 87.0 Å². The van der Waals surface area contributed by atoms with Crippen LogP contribution in [0.5, 0.6) is 0 Å². The molecule has 4 aliphatic carbocycles. The second kappa shape index (κ2) is 9.28. The second-order valence-corrected chi connectivity index (χ2v) is 15.0. The molecule has 39 heavy (non-hydrogen) atoms. The van der Waals surface area contributed by atoms with Gasteiger partial charge in [-0.15, -0.1) is 0 Å². The van der Waals surface area contributed by atoms with Gasteiger partial charge in [0, 0.05) is 17.9 Å². The molecule has 212 valence electrons. The standard InChI is InChI=1S/C34H48N2O3/c1-10-11-22(21-35)27(38)30(4,5)23-12-13-31(6)24(18-23)19-26(37)33(8)25-20-29(2,3)14-16-34(25,28(39)36-9)17-15-32(31,33)7/h10-11,19,23,25H,1,12-18,20H2,2-9H3,(H,36,39)/b22-11-/t23?,25-,31-,32+,33+,34?/m1/s1. The largest absolute Gasteiger partial charge is 0.359 e. The van der Waals surface area contributed by atoms with Crippen molar-refractivity contribution in [3.05, 3.63) is 36.0 Å². The summed E-state index contributed by atoms with van der Waals surface area (Å²) in [6.45, 7) is 18.9. The number of nitrogens with zero attached hydrogens (tertiary/aromatic N) is 1. The molecule has 0 aromatic carbocycles. The monoisotopic (exact) mass is 532 g/mol. The van der Waals surface area contributed by atoms with Crippen LogP contribution in [0.1, 0.15) is 99.8 Å². The highest BCUT2D eigenvalue weighted by molar-refractivity contribution is 6.03. The molecule has 0 aliphatic heterocycles. The van der Waals surface area contributed by atoms with Gasteiger partial charge in [-0.2, -0.15) is 5.26 Å². The van der Waals surface area contributed by atoms with Crippen LogP contribution < -0.4 is 5.32 Å². The van der Waals surface area contributed by atoms with Crippen LogP contribution in [0.25, 0.3) is 0 Å². The molecule has 3 saturated carbocycles. The predicted molar refractivity (Wildman–Crippen MR) is 154 cm³/mol. The van der Waals surface area contributed by atoms with Gasteiger partial charge < -0.3 is 5.32 Å². The Morgan fingerprint density at radius 2 is 1.74 bits per heavy atom. The third kappa shape index (κ3) is 3.87. The summed E-state index contributed by atoms with van der Waals surface area (Å²) >= 11 is 0.